The number of nitrogens with one attached hydrogen (secondary N) is 1. The Morgan fingerprint density at radius 3 is 2.45 bits per heavy atom. The van der Waals surface area contributed by atoms with E-state index in [1.165, 1.54) is 12.8 Å². The number of hydrogen-bond acceptors (Lipinski definition) is 3. The molecule has 1 atom stereocenters. The fraction of sp³-hybridized carbons (Fsp3) is 0.875. The first kappa shape index (κ1) is 14.1. The Labute approximate surface area is 121 Å². The van der Waals surface area contributed by atoms with E-state index in [2.05, 4.69) is 5.32 Å². The quantitative estimate of drug-likeness (QED) is 0.748. The van der Waals surface area contributed by atoms with Gasteiger partial charge in [0.05, 0.1) is 5.41 Å². The zero-order valence-corrected chi connectivity index (χ0v) is 12.3. The van der Waals surface area contributed by atoms with Gasteiger partial charge in [0.25, 0.3) is 0 Å². The Morgan fingerprint density at radius 1 is 0.950 bits per heavy atom. The van der Waals surface area contributed by atoms with Crippen LogP contribution in [0.5, 0.6) is 0 Å². The lowest BCUT2D eigenvalue weighted by Gasteiger charge is -2.29. The molecule has 0 bridgehead atoms. The lowest BCUT2D eigenvalue weighted by Crippen LogP contribution is -2.43. The highest BCUT2D eigenvalue weighted by molar-refractivity contribution is 6.06. The molecule has 2 amide bonds. The summed E-state index contributed by atoms with van der Waals surface area (Å²) in [6.45, 7) is 1.94. The normalized spacial score (nSPS) is 31.4. The van der Waals surface area contributed by atoms with Crippen molar-refractivity contribution in [2.75, 3.05) is 13.1 Å². The first-order chi connectivity index (χ1) is 9.73. The fourth-order valence-corrected chi connectivity index (χ4v) is 4.24. The molecule has 0 aromatic rings. The van der Waals surface area contributed by atoms with E-state index in [-0.39, 0.29) is 23.3 Å². The molecule has 4 heteroatoms. The van der Waals surface area contributed by atoms with Crippen molar-refractivity contribution in [1.82, 2.24) is 10.2 Å². The summed E-state index contributed by atoms with van der Waals surface area (Å²) in [6, 6.07) is 0.146. The molecule has 0 radical (unpaired) electrons. The zero-order valence-electron chi connectivity index (χ0n) is 12.3. The van der Waals surface area contributed by atoms with Gasteiger partial charge in [0.15, 0.2) is 0 Å². The molecule has 2 heterocycles. The van der Waals surface area contributed by atoms with E-state index >= 15 is 0 Å². The molecule has 112 valence electrons. The van der Waals surface area contributed by atoms with E-state index in [1.54, 1.807) is 4.90 Å². The van der Waals surface area contributed by atoms with Crippen LogP contribution in [0.1, 0.15) is 64.2 Å². The summed E-state index contributed by atoms with van der Waals surface area (Å²) in [4.78, 5) is 27.1. The van der Waals surface area contributed by atoms with Crippen LogP contribution in [0.15, 0.2) is 0 Å². The van der Waals surface area contributed by atoms with Gasteiger partial charge in [0.2, 0.25) is 11.8 Å². The van der Waals surface area contributed by atoms with Gasteiger partial charge in [0.1, 0.15) is 0 Å². The summed E-state index contributed by atoms with van der Waals surface area (Å²) in [7, 11) is 0. The van der Waals surface area contributed by atoms with Crippen LogP contribution in [0.4, 0.5) is 0 Å². The van der Waals surface area contributed by atoms with Crippen molar-refractivity contribution >= 4 is 11.8 Å². The molecule has 1 saturated carbocycles. The maximum atomic E-state index is 12.9. The van der Waals surface area contributed by atoms with Gasteiger partial charge in [-0.25, -0.2) is 0 Å². The van der Waals surface area contributed by atoms with E-state index in [0.717, 1.165) is 58.0 Å². The number of nitrogens with zero attached hydrogens (tertiary/aromatic N) is 1. The van der Waals surface area contributed by atoms with Gasteiger partial charge in [0, 0.05) is 12.5 Å². The van der Waals surface area contributed by atoms with Crippen LogP contribution in [0, 0.1) is 5.41 Å². The lowest BCUT2D eigenvalue weighted by molar-refractivity contribution is -0.144. The van der Waals surface area contributed by atoms with E-state index in [4.69, 9.17) is 0 Å². The first-order valence-corrected chi connectivity index (χ1v) is 8.30. The second kappa shape index (κ2) is 5.84. The van der Waals surface area contributed by atoms with Crippen LogP contribution in [0.3, 0.4) is 0 Å². The Bertz CT molecular complexity index is 378. The number of hydrogen-bond donors (Lipinski definition) is 1. The number of amides is 2. The van der Waals surface area contributed by atoms with Gasteiger partial charge in [-0.2, -0.15) is 0 Å². The molecule has 20 heavy (non-hydrogen) atoms. The average Bonchev–Trinajstić information content (AvgIpc) is 2.72. The Balaban J connectivity index is 1.78. The van der Waals surface area contributed by atoms with Gasteiger partial charge in [-0.05, 0) is 45.2 Å². The van der Waals surface area contributed by atoms with E-state index in [9.17, 15) is 9.59 Å². The van der Waals surface area contributed by atoms with Crippen LogP contribution in [0.2, 0.25) is 0 Å². The minimum absolute atomic E-state index is 0.101. The third-order valence-corrected chi connectivity index (χ3v) is 5.40. The van der Waals surface area contributed by atoms with Gasteiger partial charge in [-0.3, -0.25) is 14.5 Å². The number of imide groups is 1. The Hall–Kier alpha value is -0.900. The first-order valence-electron chi connectivity index (χ1n) is 8.30. The van der Waals surface area contributed by atoms with Gasteiger partial charge < -0.3 is 5.32 Å². The highest BCUT2D eigenvalue weighted by Gasteiger charge is 2.52. The third kappa shape index (κ3) is 2.50. The minimum atomic E-state index is -0.326. The summed E-state index contributed by atoms with van der Waals surface area (Å²) in [5, 5.41) is 3.36. The van der Waals surface area contributed by atoms with Gasteiger partial charge in [-0.15, -0.1) is 0 Å². The Morgan fingerprint density at radius 2 is 1.70 bits per heavy atom. The van der Waals surface area contributed by atoms with Crippen LogP contribution in [0.25, 0.3) is 0 Å². The van der Waals surface area contributed by atoms with Crippen molar-refractivity contribution in [1.29, 1.82) is 0 Å². The summed E-state index contributed by atoms with van der Waals surface area (Å²) in [6.07, 6.45) is 9.96. The van der Waals surface area contributed by atoms with Crippen LogP contribution in [-0.2, 0) is 9.59 Å². The predicted octanol–water partition coefficient (Wildman–Crippen LogP) is 2.23. The van der Waals surface area contributed by atoms with Crippen LogP contribution < -0.4 is 5.32 Å². The second-order valence-corrected chi connectivity index (χ2v) is 6.77. The molecule has 3 aliphatic rings. The molecule has 2 aliphatic heterocycles. The van der Waals surface area contributed by atoms with E-state index in [0.29, 0.717) is 6.42 Å². The number of rotatable bonds is 1. The van der Waals surface area contributed by atoms with Crippen molar-refractivity contribution in [2.45, 2.75) is 70.3 Å². The second-order valence-electron chi connectivity index (χ2n) is 6.77. The molecule has 1 spiro atoms. The number of carbonyl (C=O) groups is 2. The standard InChI is InChI=1S/C16H26N2O2/c19-14-12-16(8-3-1-2-4-9-16)15(20)18(14)13-6-5-10-17-11-7-13/h13,17H,1-12H2. The van der Waals surface area contributed by atoms with Crippen LogP contribution in [-0.4, -0.2) is 35.8 Å². The molecule has 4 nitrogen and oxygen atoms in total. The summed E-state index contributed by atoms with van der Waals surface area (Å²) < 4.78 is 0. The molecule has 0 aromatic carbocycles. The molecule has 0 aromatic heterocycles. The van der Waals surface area contributed by atoms with Gasteiger partial charge >= 0.3 is 0 Å². The van der Waals surface area contributed by atoms with Gasteiger partial charge in [-0.1, -0.05) is 25.7 Å². The minimum Gasteiger partial charge on any atom is -0.317 e. The summed E-state index contributed by atoms with van der Waals surface area (Å²) in [5.41, 5.74) is -0.326. The molecular weight excluding hydrogens is 252 g/mol. The lowest BCUT2D eigenvalue weighted by atomic mass is 9.79. The Kier molecular flexibility index (Phi) is 4.11. The summed E-state index contributed by atoms with van der Waals surface area (Å²) >= 11 is 0. The maximum absolute atomic E-state index is 12.9. The average molecular weight is 278 g/mol. The molecule has 1 unspecified atom stereocenters. The maximum Gasteiger partial charge on any atom is 0.236 e. The van der Waals surface area contributed by atoms with Crippen LogP contribution >= 0.6 is 0 Å². The van der Waals surface area contributed by atoms with E-state index in [1.807, 2.05) is 0 Å². The SMILES string of the molecule is O=C1CC2(CCCCCC2)C(=O)N1C1CCCNCC1. The third-order valence-electron chi connectivity index (χ3n) is 5.40. The van der Waals surface area contributed by atoms with Crippen molar-refractivity contribution in [3.63, 3.8) is 0 Å². The predicted molar refractivity (Wildman–Crippen MR) is 77.1 cm³/mol. The molecule has 2 saturated heterocycles. The van der Waals surface area contributed by atoms with Crippen molar-refractivity contribution in [2.24, 2.45) is 5.41 Å². The molecule has 3 rings (SSSR count). The topological polar surface area (TPSA) is 49.4 Å². The molecule has 3 fully saturated rings. The van der Waals surface area contributed by atoms with E-state index < -0.39 is 0 Å². The summed E-state index contributed by atoms with van der Waals surface area (Å²) in [5.74, 6) is 0.264. The zero-order chi connectivity index (χ0) is 14.0. The largest absolute Gasteiger partial charge is 0.317 e. The van der Waals surface area contributed by atoms with Crippen molar-refractivity contribution in [3.8, 4) is 0 Å². The fourth-order valence-electron chi connectivity index (χ4n) is 4.24. The monoisotopic (exact) mass is 278 g/mol. The highest BCUT2D eigenvalue weighted by Crippen LogP contribution is 2.45. The molecular formula is C16H26N2O2. The van der Waals surface area contributed by atoms with Crippen molar-refractivity contribution < 1.29 is 9.59 Å². The highest BCUT2D eigenvalue weighted by atomic mass is 16.2. The molecule has 1 N–H and O–H groups in total. The number of carbonyl (C=O) groups excluding carboxylic acids is 2. The molecule has 1 aliphatic carbocycles. The number of likely N-dealkylation sites (tertiary alicyclic amines) is 1. The smallest absolute Gasteiger partial charge is 0.236 e. The van der Waals surface area contributed by atoms with Crippen molar-refractivity contribution in [3.05, 3.63) is 0 Å².